The summed E-state index contributed by atoms with van der Waals surface area (Å²) in [5.74, 6) is 0.643. The average Bonchev–Trinajstić information content (AvgIpc) is 2.67. The smallest absolute Gasteiger partial charge is 0.226 e. The van der Waals surface area contributed by atoms with E-state index in [-0.39, 0.29) is 5.76 Å². The van der Waals surface area contributed by atoms with Gasteiger partial charge >= 0.3 is 0 Å². The molecule has 4 heteroatoms. The molecule has 72 valence electrons. The fourth-order valence-corrected chi connectivity index (χ4v) is 1.22. The molecule has 0 saturated carbocycles. The average molecular weight is 212 g/mol. The first-order valence-electron chi connectivity index (χ1n) is 4.06. The van der Waals surface area contributed by atoms with Crippen LogP contribution in [0.15, 0.2) is 34.9 Å². The van der Waals surface area contributed by atoms with Crippen molar-refractivity contribution in [2.24, 2.45) is 0 Å². The molecule has 0 radical (unpaired) electrons. The maximum atomic E-state index is 12.2. The van der Waals surface area contributed by atoms with Crippen molar-refractivity contribution >= 4 is 11.6 Å². The van der Waals surface area contributed by atoms with E-state index in [0.717, 1.165) is 5.56 Å². The molecule has 0 N–H and O–H groups in total. The predicted molar refractivity (Wildman–Crippen MR) is 51.8 cm³/mol. The Morgan fingerprint density at radius 2 is 2.00 bits per heavy atom. The minimum Gasteiger partial charge on any atom is -0.438 e. The number of nitrogens with zero attached hydrogens (tertiary/aromatic N) is 1. The van der Waals surface area contributed by atoms with Crippen LogP contribution in [-0.2, 0) is 6.67 Å². The van der Waals surface area contributed by atoms with E-state index in [1.807, 2.05) is 0 Å². The van der Waals surface area contributed by atoms with E-state index >= 15 is 0 Å². The number of alkyl halides is 1. The topological polar surface area (TPSA) is 26.0 Å². The summed E-state index contributed by atoms with van der Waals surface area (Å²) in [6, 6.07) is 7.01. The summed E-state index contributed by atoms with van der Waals surface area (Å²) in [5, 5.41) is 0.644. The fraction of sp³-hybridized carbons (Fsp3) is 0.100. The van der Waals surface area contributed by atoms with Crippen molar-refractivity contribution in [3.8, 4) is 11.5 Å². The molecule has 0 amide bonds. The molecule has 14 heavy (non-hydrogen) atoms. The lowest BCUT2D eigenvalue weighted by Crippen LogP contribution is -1.75. The first kappa shape index (κ1) is 9.21. The molecule has 0 bridgehead atoms. The molecule has 2 rings (SSSR count). The Bertz CT molecular complexity index is 424. The number of aromatic nitrogens is 1. The van der Waals surface area contributed by atoms with Crippen LogP contribution in [0.25, 0.3) is 11.5 Å². The van der Waals surface area contributed by atoms with Crippen LogP contribution in [0.3, 0.4) is 0 Å². The zero-order chi connectivity index (χ0) is 9.97. The summed E-state index contributed by atoms with van der Waals surface area (Å²) in [6.45, 7) is -0.638. The van der Waals surface area contributed by atoms with Crippen LogP contribution in [0, 0.1) is 0 Å². The lowest BCUT2D eigenvalue weighted by atomic mass is 10.2. The van der Waals surface area contributed by atoms with Gasteiger partial charge in [-0.05, 0) is 24.3 Å². The number of hydrogen-bond acceptors (Lipinski definition) is 2. The van der Waals surface area contributed by atoms with Crippen LogP contribution in [-0.4, -0.2) is 4.98 Å². The van der Waals surface area contributed by atoms with E-state index in [9.17, 15) is 4.39 Å². The summed E-state index contributed by atoms with van der Waals surface area (Å²) < 4.78 is 17.3. The number of rotatable bonds is 2. The van der Waals surface area contributed by atoms with E-state index < -0.39 is 6.67 Å². The Kier molecular flexibility index (Phi) is 2.50. The van der Waals surface area contributed by atoms with Crippen LogP contribution < -0.4 is 0 Å². The molecule has 0 aliphatic carbocycles. The molecule has 2 aromatic rings. The van der Waals surface area contributed by atoms with Gasteiger partial charge in [0.05, 0.1) is 6.20 Å². The normalized spacial score (nSPS) is 10.4. The summed E-state index contributed by atoms with van der Waals surface area (Å²) in [6.07, 6.45) is 1.38. The van der Waals surface area contributed by atoms with Crippen molar-refractivity contribution in [3.05, 3.63) is 41.2 Å². The van der Waals surface area contributed by atoms with Gasteiger partial charge in [-0.15, -0.1) is 0 Å². The monoisotopic (exact) mass is 211 g/mol. The van der Waals surface area contributed by atoms with Crippen molar-refractivity contribution in [1.29, 1.82) is 0 Å². The van der Waals surface area contributed by atoms with Crippen LogP contribution >= 0.6 is 11.6 Å². The summed E-state index contributed by atoms with van der Waals surface area (Å²) in [5.41, 5.74) is 0.786. The van der Waals surface area contributed by atoms with Crippen LogP contribution in [0.1, 0.15) is 5.76 Å². The highest BCUT2D eigenvalue weighted by molar-refractivity contribution is 6.30. The lowest BCUT2D eigenvalue weighted by molar-refractivity contribution is 0.398. The van der Waals surface area contributed by atoms with Crippen LogP contribution in [0.2, 0.25) is 5.02 Å². The van der Waals surface area contributed by atoms with Gasteiger partial charge in [0.1, 0.15) is 6.67 Å². The third-order valence-electron chi connectivity index (χ3n) is 1.78. The fourth-order valence-electron chi connectivity index (χ4n) is 1.10. The Morgan fingerprint density at radius 1 is 1.29 bits per heavy atom. The highest BCUT2D eigenvalue weighted by atomic mass is 35.5. The highest BCUT2D eigenvalue weighted by Gasteiger charge is 2.05. The largest absolute Gasteiger partial charge is 0.438 e. The van der Waals surface area contributed by atoms with E-state index in [2.05, 4.69) is 4.98 Å². The third kappa shape index (κ3) is 1.77. The maximum Gasteiger partial charge on any atom is 0.226 e. The lowest BCUT2D eigenvalue weighted by Gasteiger charge is -1.94. The number of halogens is 2. The van der Waals surface area contributed by atoms with Crippen molar-refractivity contribution in [2.45, 2.75) is 6.67 Å². The van der Waals surface area contributed by atoms with Gasteiger partial charge in [-0.1, -0.05) is 11.6 Å². The maximum absolute atomic E-state index is 12.2. The molecule has 0 aliphatic rings. The van der Waals surface area contributed by atoms with Crippen LogP contribution in [0.4, 0.5) is 4.39 Å². The molecule has 1 aromatic heterocycles. The molecule has 2 nitrogen and oxygen atoms in total. The minimum atomic E-state index is -0.638. The first-order chi connectivity index (χ1) is 6.79. The standard InChI is InChI=1S/C10H7ClFNO/c11-8-3-1-7(2-4-8)10-13-6-9(5-12)14-10/h1-4,6H,5H2. The molecule has 0 atom stereocenters. The SMILES string of the molecule is FCc1cnc(-c2ccc(Cl)cc2)o1. The molecule has 1 heterocycles. The Morgan fingerprint density at radius 3 is 2.57 bits per heavy atom. The van der Waals surface area contributed by atoms with E-state index in [1.54, 1.807) is 24.3 Å². The van der Waals surface area contributed by atoms with Gasteiger partial charge in [-0.3, -0.25) is 0 Å². The van der Waals surface area contributed by atoms with E-state index in [1.165, 1.54) is 6.20 Å². The molecule has 0 aliphatic heterocycles. The van der Waals surface area contributed by atoms with Gasteiger partial charge in [0.2, 0.25) is 5.89 Å². The van der Waals surface area contributed by atoms with E-state index in [0.29, 0.717) is 10.9 Å². The van der Waals surface area contributed by atoms with Gasteiger partial charge in [-0.25, -0.2) is 9.37 Å². The molecule has 0 saturated heterocycles. The second kappa shape index (κ2) is 3.80. The molecule has 0 unspecified atom stereocenters. The predicted octanol–water partition coefficient (Wildman–Crippen LogP) is 3.46. The quantitative estimate of drug-likeness (QED) is 0.760. The Balaban J connectivity index is 2.34. The van der Waals surface area contributed by atoms with Gasteiger partial charge in [0.15, 0.2) is 5.76 Å². The van der Waals surface area contributed by atoms with E-state index in [4.69, 9.17) is 16.0 Å². The molecular formula is C10H7ClFNO. The molecule has 0 spiro atoms. The Hall–Kier alpha value is -1.35. The summed E-state index contributed by atoms with van der Waals surface area (Å²) >= 11 is 5.72. The second-order valence-corrected chi connectivity index (χ2v) is 3.21. The summed E-state index contributed by atoms with van der Waals surface area (Å²) in [4.78, 5) is 3.94. The number of benzene rings is 1. The van der Waals surface area contributed by atoms with Crippen LogP contribution in [0.5, 0.6) is 0 Å². The Labute approximate surface area is 85.3 Å². The highest BCUT2D eigenvalue weighted by Crippen LogP contribution is 2.21. The zero-order valence-electron chi connectivity index (χ0n) is 7.21. The zero-order valence-corrected chi connectivity index (χ0v) is 7.96. The first-order valence-corrected chi connectivity index (χ1v) is 4.44. The van der Waals surface area contributed by atoms with Gasteiger partial charge in [0.25, 0.3) is 0 Å². The van der Waals surface area contributed by atoms with Gasteiger partial charge in [0, 0.05) is 10.6 Å². The van der Waals surface area contributed by atoms with Crippen molar-refractivity contribution in [1.82, 2.24) is 4.98 Å². The second-order valence-electron chi connectivity index (χ2n) is 2.77. The third-order valence-corrected chi connectivity index (χ3v) is 2.03. The molecule has 1 aromatic carbocycles. The van der Waals surface area contributed by atoms with Gasteiger partial charge in [-0.2, -0.15) is 0 Å². The minimum absolute atomic E-state index is 0.231. The van der Waals surface area contributed by atoms with Crippen molar-refractivity contribution in [3.63, 3.8) is 0 Å². The van der Waals surface area contributed by atoms with Gasteiger partial charge < -0.3 is 4.42 Å². The summed E-state index contributed by atoms with van der Waals surface area (Å²) in [7, 11) is 0. The number of hydrogen-bond donors (Lipinski definition) is 0. The van der Waals surface area contributed by atoms with Crippen molar-refractivity contribution < 1.29 is 8.81 Å². The van der Waals surface area contributed by atoms with Crippen molar-refractivity contribution in [2.75, 3.05) is 0 Å². The number of oxazole rings is 1. The molecule has 0 fully saturated rings. The molecular weight excluding hydrogens is 205 g/mol.